The van der Waals surface area contributed by atoms with E-state index in [-0.39, 0.29) is 11.0 Å². The van der Waals surface area contributed by atoms with Crippen molar-refractivity contribution in [2.45, 2.75) is 25.0 Å². The third-order valence-corrected chi connectivity index (χ3v) is 5.06. The van der Waals surface area contributed by atoms with Gasteiger partial charge in [0.05, 0.1) is 11.0 Å². The molecule has 0 aliphatic carbocycles. The number of benzene rings is 1. The third-order valence-electron chi connectivity index (χ3n) is 2.54. The summed E-state index contributed by atoms with van der Waals surface area (Å²) in [5.41, 5.74) is 1.96. The second-order valence-electron chi connectivity index (χ2n) is 4.17. The van der Waals surface area contributed by atoms with Gasteiger partial charge in [-0.15, -0.1) is 11.6 Å². The second kappa shape index (κ2) is 6.26. The molecule has 1 rings (SSSR count). The van der Waals surface area contributed by atoms with Crippen molar-refractivity contribution in [1.82, 2.24) is 0 Å². The van der Waals surface area contributed by atoms with Crippen LogP contribution in [0.15, 0.2) is 24.3 Å². The molecule has 0 heterocycles. The molecule has 0 bridgehead atoms. The summed E-state index contributed by atoms with van der Waals surface area (Å²) in [6, 6.07) is 7.65. The molecule has 3 nitrogen and oxygen atoms in total. The van der Waals surface area contributed by atoms with Gasteiger partial charge in [-0.1, -0.05) is 12.1 Å². The molecule has 0 saturated carbocycles. The fourth-order valence-electron chi connectivity index (χ4n) is 1.29. The van der Waals surface area contributed by atoms with E-state index in [9.17, 15) is 8.42 Å². The number of rotatable bonds is 6. The van der Waals surface area contributed by atoms with Crippen LogP contribution in [-0.4, -0.2) is 26.0 Å². The zero-order valence-electron chi connectivity index (χ0n) is 10.1. The molecular weight excluding hydrogens is 258 g/mol. The Morgan fingerprint density at radius 1 is 1.24 bits per heavy atom. The van der Waals surface area contributed by atoms with Gasteiger partial charge < -0.3 is 5.32 Å². The van der Waals surface area contributed by atoms with Gasteiger partial charge in [0.2, 0.25) is 0 Å². The van der Waals surface area contributed by atoms with Crippen molar-refractivity contribution in [1.29, 1.82) is 0 Å². The van der Waals surface area contributed by atoms with Gasteiger partial charge in [-0.25, -0.2) is 8.42 Å². The second-order valence-corrected chi connectivity index (χ2v) is 7.12. The van der Waals surface area contributed by atoms with Crippen LogP contribution in [0.1, 0.15) is 19.4 Å². The van der Waals surface area contributed by atoms with Crippen molar-refractivity contribution < 1.29 is 8.42 Å². The average molecular weight is 276 g/mol. The van der Waals surface area contributed by atoms with Crippen LogP contribution in [0.2, 0.25) is 0 Å². The maximum Gasteiger partial charge on any atom is 0.154 e. The van der Waals surface area contributed by atoms with E-state index in [1.54, 1.807) is 13.8 Å². The molecule has 0 saturated heterocycles. The maximum absolute atomic E-state index is 11.6. The van der Waals surface area contributed by atoms with Gasteiger partial charge in [-0.2, -0.15) is 0 Å². The maximum atomic E-state index is 11.6. The first-order chi connectivity index (χ1) is 7.95. The monoisotopic (exact) mass is 275 g/mol. The van der Waals surface area contributed by atoms with E-state index in [0.717, 1.165) is 11.3 Å². The summed E-state index contributed by atoms with van der Waals surface area (Å²) in [5, 5.41) is 2.77. The van der Waals surface area contributed by atoms with Crippen LogP contribution in [-0.2, 0) is 15.7 Å². The predicted molar refractivity (Wildman–Crippen MR) is 73.4 cm³/mol. The number of anilines is 1. The lowest BCUT2D eigenvalue weighted by atomic mass is 10.2. The lowest BCUT2D eigenvalue weighted by molar-refractivity contribution is 0.588. The number of sulfone groups is 1. The highest BCUT2D eigenvalue weighted by molar-refractivity contribution is 7.92. The summed E-state index contributed by atoms with van der Waals surface area (Å²) >= 11 is 5.68. The van der Waals surface area contributed by atoms with Crippen LogP contribution in [0.4, 0.5) is 5.69 Å². The molecule has 5 heteroatoms. The molecule has 0 spiro atoms. The molecule has 0 aliphatic heterocycles. The quantitative estimate of drug-likeness (QED) is 0.812. The molecule has 1 aromatic carbocycles. The normalized spacial score (nSPS) is 11.8. The zero-order valence-corrected chi connectivity index (χ0v) is 11.7. The highest BCUT2D eigenvalue weighted by atomic mass is 35.5. The largest absolute Gasteiger partial charge is 0.384 e. The van der Waals surface area contributed by atoms with E-state index in [1.807, 2.05) is 24.3 Å². The molecule has 17 heavy (non-hydrogen) atoms. The Morgan fingerprint density at radius 2 is 1.82 bits per heavy atom. The minimum absolute atomic E-state index is 0.155. The molecule has 96 valence electrons. The van der Waals surface area contributed by atoms with Crippen molar-refractivity contribution in [2.75, 3.05) is 17.6 Å². The highest BCUT2D eigenvalue weighted by Crippen LogP contribution is 2.11. The molecule has 1 aromatic rings. The van der Waals surface area contributed by atoms with E-state index in [4.69, 9.17) is 11.6 Å². The van der Waals surface area contributed by atoms with Gasteiger partial charge in [0, 0.05) is 18.1 Å². The molecule has 0 radical (unpaired) electrons. The topological polar surface area (TPSA) is 46.2 Å². The van der Waals surface area contributed by atoms with Crippen LogP contribution in [0.25, 0.3) is 0 Å². The van der Waals surface area contributed by atoms with Crippen molar-refractivity contribution in [3.8, 4) is 0 Å². The molecule has 1 N–H and O–H groups in total. The van der Waals surface area contributed by atoms with E-state index in [0.29, 0.717) is 12.4 Å². The van der Waals surface area contributed by atoms with Crippen molar-refractivity contribution in [3.05, 3.63) is 29.8 Å². The van der Waals surface area contributed by atoms with E-state index in [2.05, 4.69) is 5.32 Å². The van der Waals surface area contributed by atoms with Crippen LogP contribution >= 0.6 is 11.6 Å². The Morgan fingerprint density at radius 3 is 2.29 bits per heavy atom. The van der Waals surface area contributed by atoms with Crippen molar-refractivity contribution in [3.63, 3.8) is 0 Å². The summed E-state index contributed by atoms with van der Waals surface area (Å²) < 4.78 is 23.1. The summed E-state index contributed by atoms with van der Waals surface area (Å²) in [7, 11) is -2.96. The van der Waals surface area contributed by atoms with Crippen molar-refractivity contribution in [2.24, 2.45) is 0 Å². The fourth-order valence-corrected chi connectivity index (χ4v) is 2.32. The SMILES string of the molecule is CC(C)S(=O)(=O)CCNc1ccc(CCl)cc1. The Hall–Kier alpha value is -0.740. The van der Waals surface area contributed by atoms with E-state index < -0.39 is 9.84 Å². The van der Waals surface area contributed by atoms with Gasteiger partial charge in [0.25, 0.3) is 0 Å². The van der Waals surface area contributed by atoms with Gasteiger partial charge in [-0.05, 0) is 31.5 Å². The molecule has 0 aromatic heterocycles. The minimum Gasteiger partial charge on any atom is -0.384 e. The van der Waals surface area contributed by atoms with Gasteiger partial charge in [-0.3, -0.25) is 0 Å². The van der Waals surface area contributed by atoms with Crippen LogP contribution in [0.3, 0.4) is 0 Å². The molecule has 0 amide bonds. The van der Waals surface area contributed by atoms with Gasteiger partial charge in [0.1, 0.15) is 0 Å². The minimum atomic E-state index is -2.96. The first-order valence-electron chi connectivity index (χ1n) is 5.56. The first-order valence-corrected chi connectivity index (χ1v) is 7.81. The fraction of sp³-hybridized carbons (Fsp3) is 0.500. The highest BCUT2D eigenvalue weighted by Gasteiger charge is 2.14. The summed E-state index contributed by atoms with van der Waals surface area (Å²) in [4.78, 5) is 0. The summed E-state index contributed by atoms with van der Waals surface area (Å²) in [6.07, 6.45) is 0. The van der Waals surface area contributed by atoms with Gasteiger partial charge in [0.15, 0.2) is 9.84 Å². The van der Waals surface area contributed by atoms with E-state index in [1.165, 1.54) is 0 Å². The molecule has 0 atom stereocenters. The molecular formula is C12H18ClNO2S. The van der Waals surface area contributed by atoms with E-state index >= 15 is 0 Å². The Balaban J connectivity index is 2.46. The van der Waals surface area contributed by atoms with Gasteiger partial charge >= 0.3 is 0 Å². The first kappa shape index (κ1) is 14.3. The van der Waals surface area contributed by atoms with Crippen LogP contribution < -0.4 is 5.32 Å². The predicted octanol–water partition coefficient (Wildman–Crippen LogP) is 2.66. The Kier molecular flexibility index (Phi) is 5.28. The number of alkyl halides is 1. The summed E-state index contributed by atoms with van der Waals surface area (Å²) in [6.45, 7) is 3.83. The zero-order chi connectivity index (χ0) is 12.9. The molecule has 0 unspecified atom stereocenters. The third kappa shape index (κ3) is 4.56. The number of nitrogens with one attached hydrogen (secondary N) is 1. The lowest BCUT2D eigenvalue weighted by Crippen LogP contribution is -2.22. The van der Waals surface area contributed by atoms with Crippen LogP contribution in [0.5, 0.6) is 0 Å². The molecule has 0 fully saturated rings. The Labute approximate surface area is 108 Å². The average Bonchev–Trinajstić information content (AvgIpc) is 2.29. The smallest absolute Gasteiger partial charge is 0.154 e. The number of hydrogen-bond acceptors (Lipinski definition) is 3. The molecule has 0 aliphatic rings. The number of halogens is 1. The van der Waals surface area contributed by atoms with Crippen molar-refractivity contribution >= 4 is 27.1 Å². The standard InChI is InChI=1S/C12H18ClNO2S/c1-10(2)17(15,16)8-7-14-12-5-3-11(9-13)4-6-12/h3-6,10,14H,7-9H2,1-2H3. The Bertz CT molecular complexity index is 440. The van der Waals surface area contributed by atoms with Crippen LogP contribution in [0, 0.1) is 0 Å². The summed E-state index contributed by atoms with van der Waals surface area (Å²) in [5.74, 6) is 0.643. The lowest BCUT2D eigenvalue weighted by Gasteiger charge is -2.09. The number of hydrogen-bond donors (Lipinski definition) is 1.